The number of alkyl carbamates (subject to hydrolysis) is 1. The van der Waals surface area contributed by atoms with Crippen LogP contribution in [-0.2, 0) is 9.53 Å². The normalized spacial score (nSPS) is 12.8. The Kier molecular flexibility index (Phi) is 6.56. The van der Waals surface area contributed by atoms with Crippen LogP contribution in [0.5, 0.6) is 0 Å². The molecule has 0 saturated heterocycles. The van der Waals surface area contributed by atoms with Crippen LogP contribution in [0.3, 0.4) is 0 Å². The molecule has 1 heterocycles. The lowest BCUT2D eigenvalue weighted by Gasteiger charge is -2.22. The summed E-state index contributed by atoms with van der Waals surface area (Å²) in [5.74, 6) is -0.437. The number of amides is 2. The number of aliphatic hydroxyl groups excluding tert-OH is 1. The number of nitrogens with zero attached hydrogens (tertiary/aromatic N) is 2. The van der Waals surface area contributed by atoms with Crippen molar-refractivity contribution >= 4 is 17.7 Å². The monoisotopic (exact) mass is 326 g/mol. The lowest BCUT2D eigenvalue weighted by Crippen LogP contribution is -2.46. The number of carbonyl (C=O) groups excluding carboxylic acids is 2. The lowest BCUT2D eigenvalue weighted by atomic mass is 10.2. The Labute approximate surface area is 136 Å². The minimum atomic E-state index is -0.891. The molecule has 0 saturated carbocycles. The summed E-state index contributed by atoms with van der Waals surface area (Å²) in [5, 5.41) is 18.3. The van der Waals surface area contributed by atoms with Gasteiger partial charge in [-0.3, -0.25) is 9.48 Å². The predicted octanol–water partition coefficient (Wildman–Crippen LogP) is 1.68. The van der Waals surface area contributed by atoms with Crippen molar-refractivity contribution in [3.8, 4) is 0 Å². The fraction of sp³-hybridized carbons (Fsp3) is 0.667. The summed E-state index contributed by atoms with van der Waals surface area (Å²) in [7, 11) is 0. The van der Waals surface area contributed by atoms with Crippen molar-refractivity contribution in [2.24, 2.45) is 0 Å². The van der Waals surface area contributed by atoms with Crippen molar-refractivity contribution in [1.82, 2.24) is 15.1 Å². The zero-order valence-corrected chi connectivity index (χ0v) is 14.3. The van der Waals surface area contributed by atoms with Crippen molar-refractivity contribution in [3.63, 3.8) is 0 Å². The second-order valence-corrected chi connectivity index (χ2v) is 6.50. The Morgan fingerprint density at radius 2 is 2.04 bits per heavy atom. The first-order valence-corrected chi connectivity index (χ1v) is 7.57. The molecule has 1 aromatic heterocycles. The molecule has 1 atom stereocenters. The first-order chi connectivity index (χ1) is 10.6. The molecule has 1 aromatic rings. The number of rotatable bonds is 6. The molecule has 23 heavy (non-hydrogen) atoms. The summed E-state index contributed by atoms with van der Waals surface area (Å²) >= 11 is 0. The standard InChI is InChI=1S/C15H26N4O4/c1-10(2)19-9-11(8-16-19)17-13(21)12(6-7-20)18-14(22)23-15(3,4)5/h8-10,12,20H,6-7H2,1-5H3,(H,17,21)(H,18,22). The van der Waals surface area contributed by atoms with E-state index in [4.69, 9.17) is 9.84 Å². The molecule has 0 aliphatic rings. The van der Waals surface area contributed by atoms with Crippen molar-refractivity contribution in [3.05, 3.63) is 12.4 Å². The van der Waals surface area contributed by atoms with Crippen molar-refractivity contribution < 1.29 is 19.4 Å². The fourth-order valence-corrected chi connectivity index (χ4v) is 1.76. The molecule has 3 N–H and O–H groups in total. The Bertz CT molecular complexity index is 534. The summed E-state index contributed by atoms with van der Waals surface area (Å²) in [6, 6.07) is -0.717. The van der Waals surface area contributed by atoms with Crippen LogP contribution in [-0.4, -0.2) is 45.1 Å². The van der Waals surface area contributed by atoms with Gasteiger partial charge in [0, 0.05) is 18.8 Å². The number of hydrogen-bond acceptors (Lipinski definition) is 5. The summed E-state index contributed by atoms with van der Waals surface area (Å²) in [4.78, 5) is 24.0. The predicted molar refractivity (Wildman–Crippen MR) is 86.1 cm³/mol. The minimum Gasteiger partial charge on any atom is -0.444 e. The topological polar surface area (TPSA) is 105 Å². The second-order valence-electron chi connectivity index (χ2n) is 6.50. The van der Waals surface area contributed by atoms with Gasteiger partial charge in [-0.15, -0.1) is 0 Å². The zero-order chi connectivity index (χ0) is 17.6. The van der Waals surface area contributed by atoms with Crippen LogP contribution in [0.15, 0.2) is 12.4 Å². The molecule has 2 amide bonds. The molecule has 0 radical (unpaired) electrons. The highest BCUT2D eigenvalue weighted by Crippen LogP contribution is 2.11. The number of anilines is 1. The van der Waals surface area contributed by atoms with E-state index in [1.807, 2.05) is 13.8 Å². The summed E-state index contributed by atoms with van der Waals surface area (Å²) in [6.07, 6.45) is 2.61. The summed E-state index contributed by atoms with van der Waals surface area (Å²) < 4.78 is 6.83. The first kappa shape index (κ1) is 19.0. The summed E-state index contributed by atoms with van der Waals surface area (Å²) in [5.41, 5.74) is -0.138. The van der Waals surface area contributed by atoms with E-state index in [1.165, 1.54) is 6.20 Å². The molecule has 0 aliphatic carbocycles. The number of nitrogens with one attached hydrogen (secondary N) is 2. The number of hydrogen-bond donors (Lipinski definition) is 3. The van der Waals surface area contributed by atoms with E-state index in [1.54, 1.807) is 31.6 Å². The molecule has 1 unspecified atom stereocenters. The maximum absolute atomic E-state index is 12.3. The van der Waals surface area contributed by atoms with E-state index >= 15 is 0 Å². The van der Waals surface area contributed by atoms with Crippen molar-refractivity contribution in [2.75, 3.05) is 11.9 Å². The van der Waals surface area contributed by atoms with Gasteiger partial charge in [-0.2, -0.15) is 5.10 Å². The maximum atomic E-state index is 12.3. The van der Waals surface area contributed by atoms with Crippen LogP contribution in [0.1, 0.15) is 47.1 Å². The number of aromatic nitrogens is 2. The van der Waals surface area contributed by atoms with Crippen LogP contribution >= 0.6 is 0 Å². The Balaban J connectivity index is 2.68. The molecule has 0 aliphatic heterocycles. The van der Waals surface area contributed by atoms with E-state index in [9.17, 15) is 9.59 Å². The minimum absolute atomic E-state index is 0.0867. The van der Waals surface area contributed by atoms with Gasteiger partial charge in [-0.1, -0.05) is 0 Å². The van der Waals surface area contributed by atoms with Crippen LogP contribution in [0, 0.1) is 0 Å². The molecule has 0 aromatic carbocycles. The smallest absolute Gasteiger partial charge is 0.408 e. The van der Waals surface area contributed by atoms with Gasteiger partial charge in [0.15, 0.2) is 0 Å². The van der Waals surface area contributed by atoms with Crippen LogP contribution in [0.2, 0.25) is 0 Å². The van der Waals surface area contributed by atoms with Gasteiger partial charge in [0.1, 0.15) is 11.6 Å². The molecule has 0 fully saturated rings. The molecular formula is C15H26N4O4. The average Bonchev–Trinajstić information content (AvgIpc) is 2.84. The molecular weight excluding hydrogens is 300 g/mol. The van der Waals surface area contributed by atoms with Gasteiger partial charge >= 0.3 is 6.09 Å². The Morgan fingerprint density at radius 1 is 1.39 bits per heavy atom. The third-order valence-electron chi connectivity index (χ3n) is 2.82. The molecule has 0 spiro atoms. The zero-order valence-electron chi connectivity index (χ0n) is 14.3. The number of aliphatic hydroxyl groups is 1. The van der Waals surface area contributed by atoms with Gasteiger partial charge in [0.05, 0.1) is 11.9 Å². The quantitative estimate of drug-likeness (QED) is 0.737. The largest absolute Gasteiger partial charge is 0.444 e. The van der Waals surface area contributed by atoms with E-state index in [-0.39, 0.29) is 19.1 Å². The fourth-order valence-electron chi connectivity index (χ4n) is 1.76. The highest BCUT2D eigenvalue weighted by molar-refractivity contribution is 5.96. The van der Waals surface area contributed by atoms with Gasteiger partial charge < -0.3 is 20.5 Å². The van der Waals surface area contributed by atoms with Crippen LogP contribution in [0.25, 0.3) is 0 Å². The average molecular weight is 326 g/mol. The molecule has 130 valence electrons. The van der Waals surface area contributed by atoms with Crippen molar-refractivity contribution in [2.45, 2.75) is 58.7 Å². The molecule has 8 nitrogen and oxygen atoms in total. The van der Waals surface area contributed by atoms with Gasteiger partial charge in [0.2, 0.25) is 5.91 Å². The third-order valence-corrected chi connectivity index (χ3v) is 2.82. The molecule has 8 heteroatoms. The first-order valence-electron chi connectivity index (χ1n) is 7.57. The highest BCUT2D eigenvalue weighted by Gasteiger charge is 2.24. The van der Waals surface area contributed by atoms with Gasteiger partial charge in [0.25, 0.3) is 0 Å². The van der Waals surface area contributed by atoms with E-state index < -0.39 is 23.6 Å². The van der Waals surface area contributed by atoms with Crippen molar-refractivity contribution in [1.29, 1.82) is 0 Å². The molecule has 0 bridgehead atoms. The maximum Gasteiger partial charge on any atom is 0.408 e. The third kappa shape index (κ3) is 6.68. The van der Waals surface area contributed by atoms with Crippen LogP contribution < -0.4 is 10.6 Å². The van der Waals surface area contributed by atoms with E-state index in [2.05, 4.69) is 15.7 Å². The Morgan fingerprint density at radius 3 is 2.52 bits per heavy atom. The highest BCUT2D eigenvalue weighted by atomic mass is 16.6. The number of carbonyl (C=O) groups is 2. The van der Waals surface area contributed by atoms with Gasteiger partial charge in [-0.25, -0.2) is 4.79 Å². The molecule has 1 rings (SSSR count). The van der Waals surface area contributed by atoms with E-state index in [0.29, 0.717) is 5.69 Å². The second kappa shape index (κ2) is 7.96. The summed E-state index contributed by atoms with van der Waals surface area (Å²) in [6.45, 7) is 8.89. The number of ether oxygens (including phenoxy) is 1. The lowest BCUT2D eigenvalue weighted by molar-refractivity contribution is -0.118. The van der Waals surface area contributed by atoms with Crippen LogP contribution in [0.4, 0.5) is 10.5 Å². The SMILES string of the molecule is CC(C)n1cc(NC(=O)C(CCO)NC(=O)OC(C)(C)C)cn1. The van der Waals surface area contributed by atoms with E-state index in [0.717, 1.165) is 0 Å². The van der Waals surface area contributed by atoms with Gasteiger partial charge in [-0.05, 0) is 41.0 Å². The Hall–Kier alpha value is -2.09.